The maximum Gasteiger partial charge on any atom is 0.339 e. The van der Waals surface area contributed by atoms with Gasteiger partial charge in [0.05, 0.1) is 31.0 Å². The molecule has 2 aromatic rings. The lowest BCUT2D eigenvalue weighted by molar-refractivity contribution is 0.0599. The first-order valence-corrected chi connectivity index (χ1v) is 10.7. The Bertz CT molecular complexity index is 1090. The van der Waals surface area contributed by atoms with Gasteiger partial charge in [-0.25, -0.2) is 4.79 Å². The van der Waals surface area contributed by atoms with E-state index in [0.29, 0.717) is 10.0 Å². The predicted octanol–water partition coefficient (Wildman–Crippen LogP) is 5.13. The Morgan fingerprint density at radius 3 is 2.50 bits per heavy atom. The van der Waals surface area contributed by atoms with Gasteiger partial charge >= 0.3 is 5.97 Å². The summed E-state index contributed by atoms with van der Waals surface area (Å²) in [7, 11) is 3.06. The Labute approximate surface area is 185 Å². The number of carbonyl (C=O) groups excluding carboxylic acids is 1. The second-order valence-electron chi connectivity index (χ2n) is 9.09. The third-order valence-electron chi connectivity index (χ3n) is 5.55. The van der Waals surface area contributed by atoms with Crippen LogP contribution in [-0.4, -0.2) is 37.0 Å². The fourth-order valence-electron chi connectivity index (χ4n) is 4.37. The van der Waals surface area contributed by atoms with Crippen LogP contribution in [0.15, 0.2) is 33.7 Å². The molecule has 0 amide bonds. The van der Waals surface area contributed by atoms with E-state index in [9.17, 15) is 4.79 Å². The number of fused-ring (bicyclic) bond motifs is 3. The van der Waals surface area contributed by atoms with E-state index in [1.54, 1.807) is 13.2 Å². The average Bonchev–Trinajstić information content (AvgIpc) is 2.99. The predicted molar refractivity (Wildman–Crippen MR) is 120 cm³/mol. The zero-order valence-electron chi connectivity index (χ0n) is 18.2. The lowest BCUT2D eigenvalue weighted by atomic mass is 9.81. The lowest BCUT2D eigenvalue weighted by Gasteiger charge is -2.31. The van der Waals surface area contributed by atoms with E-state index in [1.807, 2.05) is 12.1 Å². The molecule has 2 heterocycles. The highest BCUT2D eigenvalue weighted by Gasteiger charge is 2.39. The summed E-state index contributed by atoms with van der Waals surface area (Å²) >= 11 is 3.53. The molecule has 0 unspecified atom stereocenters. The van der Waals surface area contributed by atoms with Crippen LogP contribution >= 0.6 is 15.9 Å². The van der Waals surface area contributed by atoms with Gasteiger partial charge in [0.25, 0.3) is 0 Å². The number of methoxy groups -OCH3 is 2. The van der Waals surface area contributed by atoms with Crippen LogP contribution in [0.3, 0.4) is 0 Å². The highest BCUT2D eigenvalue weighted by molar-refractivity contribution is 9.10. The first-order chi connectivity index (χ1) is 14.0. The van der Waals surface area contributed by atoms with Gasteiger partial charge in [-0.3, -0.25) is 4.99 Å². The van der Waals surface area contributed by atoms with Crippen LogP contribution in [0.1, 0.15) is 60.3 Å². The molecule has 0 aromatic heterocycles. The smallest absolute Gasteiger partial charge is 0.339 e. The van der Waals surface area contributed by atoms with E-state index >= 15 is 0 Å². The quantitative estimate of drug-likeness (QED) is 0.582. The SMILES string of the molecule is COC(=O)c1ccc(C2=NC(C)(C)Cc3cc(OC)c4c(c32)CC(C)(C)O4)cc1Br. The molecular formula is C24H26BrNO4. The van der Waals surface area contributed by atoms with Gasteiger partial charge in [-0.1, -0.05) is 6.07 Å². The monoisotopic (exact) mass is 471 g/mol. The highest BCUT2D eigenvalue weighted by atomic mass is 79.9. The molecule has 2 aromatic carbocycles. The molecule has 2 aliphatic rings. The van der Waals surface area contributed by atoms with Gasteiger partial charge in [0, 0.05) is 27.6 Å². The van der Waals surface area contributed by atoms with Crippen LogP contribution in [0.5, 0.6) is 11.5 Å². The number of ether oxygens (including phenoxy) is 3. The standard InChI is InChI=1S/C24H26BrNO4/c1-23(2)11-14-10-18(28-5)21-16(12-24(3,4)30-21)19(14)20(26-23)13-7-8-15(17(25)9-13)22(27)29-6/h7-10H,11-12H2,1-6H3. The van der Waals surface area contributed by atoms with Crippen molar-refractivity contribution < 1.29 is 19.0 Å². The average molecular weight is 472 g/mol. The van der Waals surface area contributed by atoms with Crippen molar-refractivity contribution in [1.29, 1.82) is 0 Å². The van der Waals surface area contributed by atoms with Crippen LogP contribution in [0, 0.1) is 0 Å². The molecule has 4 rings (SSSR count). The van der Waals surface area contributed by atoms with Gasteiger partial charge in [0.15, 0.2) is 11.5 Å². The van der Waals surface area contributed by atoms with Crippen molar-refractivity contribution in [3.8, 4) is 11.5 Å². The van der Waals surface area contributed by atoms with E-state index in [2.05, 4.69) is 49.7 Å². The molecule has 6 heteroatoms. The number of carbonyl (C=O) groups is 1. The third-order valence-corrected chi connectivity index (χ3v) is 6.21. The first kappa shape index (κ1) is 20.9. The minimum absolute atomic E-state index is 0.260. The summed E-state index contributed by atoms with van der Waals surface area (Å²) in [6.45, 7) is 8.44. The molecule has 0 N–H and O–H groups in total. The number of rotatable bonds is 3. The van der Waals surface area contributed by atoms with Crippen molar-refractivity contribution in [3.63, 3.8) is 0 Å². The van der Waals surface area contributed by atoms with Crippen molar-refractivity contribution in [2.45, 2.75) is 51.7 Å². The zero-order chi connectivity index (χ0) is 21.8. The molecule has 0 radical (unpaired) electrons. The van der Waals surface area contributed by atoms with Crippen LogP contribution in [-0.2, 0) is 17.6 Å². The molecule has 0 saturated carbocycles. The fourth-order valence-corrected chi connectivity index (χ4v) is 4.91. The second-order valence-corrected chi connectivity index (χ2v) is 9.95. The normalized spacial score (nSPS) is 18.0. The summed E-state index contributed by atoms with van der Waals surface area (Å²) in [4.78, 5) is 17.1. The Morgan fingerprint density at radius 1 is 1.13 bits per heavy atom. The maximum absolute atomic E-state index is 12.0. The third kappa shape index (κ3) is 3.51. The summed E-state index contributed by atoms with van der Waals surface area (Å²) in [5.41, 5.74) is 5.24. The Morgan fingerprint density at radius 2 is 1.87 bits per heavy atom. The topological polar surface area (TPSA) is 57.1 Å². The number of halogens is 1. The summed E-state index contributed by atoms with van der Waals surface area (Å²) in [5, 5.41) is 0. The maximum atomic E-state index is 12.0. The number of hydrogen-bond donors (Lipinski definition) is 0. The molecule has 2 aliphatic heterocycles. The molecule has 0 aliphatic carbocycles. The van der Waals surface area contributed by atoms with Crippen LogP contribution in [0.4, 0.5) is 0 Å². The summed E-state index contributed by atoms with van der Waals surface area (Å²) in [6, 6.07) is 7.73. The summed E-state index contributed by atoms with van der Waals surface area (Å²) < 4.78 is 17.5. The zero-order valence-corrected chi connectivity index (χ0v) is 19.8. The molecule has 0 fully saturated rings. The number of esters is 1. The van der Waals surface area contributed by atoms with Crippen LogP contribution in [0.2, 0.25) is 0 Å². The molecular weight excluding hydrogens is 446 g/mol. The fraction of sp³-hybridized carbons (Fsp3) is 0.417. The van der Waals surface area contributed by atoms with E-state index in [4.69, 9.17) is 19.2 Å². The molecule has 0 spiro atoms. The van der Waals surface area contributed by atoms with Gasteiger partial charge in [-0.15, -0.1) is 0 Å². The minimum atomic E-state index is -0.375. The Hall–Kier alpha value is -2.34. The molecule has 0 atom stereocenters. The van der Waals surface area contributed by atoms with Gasteiger partial charge < -0.3 is 14.2 Å². The Balaban J connectivity index is 1.93. The summed E-state index contributed by atoms with van der Waals surface area (Å²) in [5.74, 6) is 1.20. The number of nitrogens with zero attached hydrogens (tertiary/aromatic N) is 1. The molecule has 30 heavy (non-hydrogen) atoms. The van der Waals surface area contributed by atoms with Crippen molar-refractivity contribution in [3.05, 3.63) is 56.6 Å². The number of benzene rings is 2. The number of hydrogen-bond acceptors (Lipinski definition) is 5. The highest BCUT2D eigenvalue weighted by Crippen LogP contribution is 2.48. The van der Waals surface area contributed by atoms with Crippen molar-refractivity contribution >= 4 is 27.6 Å². The van der Waals surface area contributed by atoms with E-state index in [0.717, 1.165) is 46.7 Å². The molecule has 0 bridgehead atoms. The minimum Gasteiger partial charge on any atom is -0.493 e. The van der Waals surface area contributed by atoms with Crippen LogP contribution < -0.4 is 9.47 Å². The van der Waals surface area contributed by atoms with Gasteiger partial charge in [-0.2, -0.15) is 0 Å². The van der Waals surface area contributed by atoms with Gasteiger partial charge in [0.1, 0.15) is 5.60 Å². The molecule has 0 saturated heterocycles. The van der Waals surface area contributed by atoms with E-state index in [-0.39, 0.29) is 17.1 Å². The largest absolute Gasteiger partial charge is 0.493 e. The van der Waals surface area contributed by atoms with E-state index in [1.165, 1.54) is 12.7 Å². The Kier molecular flexibility index (Phi) is 4.96. The lowest BCUT2D eigenvalue weighted by Crippen LogP contribution is -2.30. The van der Waals surface area contributed by atoms with Crippen molar-refractivity contribution in [1.82, 2.24) is 0 Å². The second kappa shape index (κ2) is 7.12. The summed E-state index contributed by atoms with van der Waals surface area (Å²) in [6.07, 6.45) is 1.60. The van der Waals surface area contributed by atoms with Crippen LogP contribution in [0.25, 0.3) is 0 Å². The molecule has 158 valence electrons. The molecule has 5 nitrogen and oxygen atoms in total. The van der Waals surface area contributed by atoms with Crippen molar-refractivity contribution in [2.75, 3.05) is 14.2 Å². The van der Waals surface area contributed by atoms with Gasteiger partial charge in [-0.05, 0) is 73.8 Å². The van der Waals surface area contributed by atoms with Crippen molar-refractivity contribution in [2.24, 2.45) is 4.99 Å². The van der Waals surface area contributed by atoms with E-state index < -0.39 is 0 Å². The van der Waals surface area contributed by atoms with Gasteiger partial charge in [0.2, 0.25) is 0 Å². The number of aliphatic imine (C=N–C) groups is 1. The first-order valence-electron chi connectivity index (χ1n) is 9.95.